The maximum absolute atomic E-state index is 13.1. The molecule has 0 heterocycles. The van der Waals surface area contributed by atoms with Gasteiger partial charge in [0.25, 0.3) is 0 Å². The summed E-state index contributed by atoms with van der Waals surface area (Å²) in [6.07, 6.45) is 0. The van der Waals surface area contributed by atoms with E-state index in [9.17, 15) is 33.4 Å². The fourth-order valence-electron chi connectivity index (χ4n) is 1.17. The lowest BCUT2D eigenvalue weighted by Crippen LogP contribution is -2.08. The van der Waals surface area contributed by atoms with Crippen molar-refractivity contribution in [3.63, 3.8) is 0 Å². The number of halogens is 4. The Bertz CT molecular complexity index is 523. The van der Waals surface area contributed by atoms with Crippen LogP contribution in [0, 0.1) is 37.7 Å². The van der Waals surface area contributed by atoms with Gasteiger partial charge in [-0.2, -0.15) is 4.39 Å². The minimum atomic E-state index is -2.23. The lowest BCUT2D eigenvalue weighted by molar-refractivity contribution is -0.425. The van der Waals surface area contributed by atoms with Crippen LogP contribution in [0.4, 0.5) is 24.5 Å². The van der Waals surface area contributed by atoms with Crippen molar-refractivity contribution in [1.29, 1.82) is 0 Å². The van der Waals surface area contributed by atoms with Gasteiger partial charge < -0.3 is 0 Å². The van der Waals surface area contributed by atoms with Crippen LogP contribution in [0.3, 0.4) is 0 Å². The molecule has 17 heavy (non-hydrogen) atoms. The first-order valence-electron chi connectivity index (χ1n) is 3.87. The van der Waals surface area contributed by atoms with Crippen LogP contribution in [0.5, 0.6) is 0 Å². The SMILES string of the molecule is O=[N+]([O-])c1c(F)c(F)c(F)c(CCl)c1[N+](=O)[O-]. The van der Waals surface area contributed by atoms with Crippen LogP contribution in [0.2, 0.25) is 0 Å². The zero-order valence-corrected chi connectivity index (χ0v) is 8.50. The highest BCUT2D eigenvalue weighted by Gasteiger charge is 2.39. The second-order valence-electron chi connectivity index (χ2n) is 2.77. The number of nitro groups is 2. The zero-order valence-electron chi connectivity index (χ0n) is 7.75. The Morgan fingerprint density at radius 2 is 1.41 bits per heavy atom. The molecule has 6 nitrogen and oxygen atoms in total. The third-order valence-corrected chi connectivity index (χ3v) is 2.13. The Morgan fingerprint density at radius 1 is 0.941 bits per heavy atom. The second kappa shape index (κ2) is 4.53. The molecule has 1 aromatic carbocycles. The van der Waals surface area contributed by atoms with Crippen molar-refractivity contribution in [2.45, 2.75) is 5.88 Å². The first-order chi connectivity index (χ1) is 7.82. The van der Waals surface area contributed by atoms with Gasteiger partial charge in [-0.05, 0) is 0 Å². The zero-order chi connectivity index (χ0) is 13.3. The van der Waals surface area contributed by atoms with Gasteiger partial charge in [-0.25, -0.2) is 8.78 Å². The average Bonchev–Trinajstić information content (AvgIpc) is 2.24. The molecule has 0 radical (unpaired) electrons. The summed E-state index contributed by atoms with van der Waals surface area (Å²) in [5.41, 5.74) is -4.30. The molecule has 0 aromatic heterocycles. The molecule has 0 saturated heterocycles. The summed E-state index contributed by atoms with van der Waals surface area (Å²) in [7, 11) is 0. The van der Waals surface area contributed by atoms with E-state index in [1.807, 2.05) is 0 Å². The Labute approximate surface area is 95.9 Å². The Morgan fingerprint density at radius 3 is 1.76 bits per heavy atom. The van der Waals surface area contributed by atoms with Gasteiger partial charge in [0.15, 0.2) is 5.82 Å². The van der Waals surface area contributed by atoms with Gasteiger partial charge in [0.05, 0.1) is 21.3 Å². The van der Waals surface area contributed by atoms with Crippen molar-refractivity contribution in [2.24, 2.45) is 0 Å². The highest BCUT2D eigenvalue weighted by Crippen LogP contribution is 2.37. The minimum Gasteiger partial charge on any atom is -0.258 e. The van der Waals surface area contributed by atoms with Crippen LogP contribution in [-0.2, 0) is 5.88 Å². The molecule has 0 spiro atoms. The topological polar surface area (TPSA) is 86.3 Å². The molecule has 0 unspecified atom stereocenters. The molecule has 0 N–H and O–H groups in total. The maximum atomic E-state index is 13.1. The quantitative estimate of drug-likeness (QED) is 0.366. The molecule has 0 saturated carbocycles. The summed E-state index contributed by atoms with van der Waals surface area (Å²) in [6.45, 7) is 0. The van der Waals surface area contributed by atoms with E-state index < -0.39 is 50.1 Å². The molecule has 0 fully saturated rings. The van der Waals surface area contributed by atoms with Crippen LogP contribution in [0.1, 0.15) is 5.56 Å². The summed E-state index contributed by atoms with van der Waals surface area (Å²) in [5.74, 6) is -7.21. The molecule has 0 aliphatic heterocycles. The van der Waals surface area contributed by atoms with E-state index in [1.165, 1.54) is 0 Å². The van der Waals surface area contributed by atoms with Crippen LogP contribution in [0.25, 0.3) is 0 Å². The monoisotopic (exact) mass is 270 g/mol. The first-order valence-corrected chi connectivity index (χ1v) is 4.40. The van der Waals surface area contributed by atoms with Gasteiger partial charge in [-0.15, -0.1) is 11.6 Å². The number of nitro benzene ring substituents is 2. The number of rotatable bonds is 3. The number of hydrogen-bond acceptors (Lipinski definition) is 4. The summed E-state index contributed by atoms with van der Waals surface area (Å²) in [6, 6.07) is 0. The molecule has 0 aliphatic rings. The molecule has 0 amide bonds. The van der Waals surface area contributed by atoms with Crippen molar-refractivity contribution in [2.75, 3.05) is 0 Å². The maximum Gasteiger partial charge on any atom is 0.384 e. The Hall–Kier alpha value is -1.90. The molecule has 92 valence electrons. The minimum absolute atomic E-state index is 0.903. The van der Waals surface area contributed by atoms with E-state index in [2.05, 4.69) is 0 Å². The van der Waals surface area contributed by atoms with E-state index in [0.29, 0.717) is 0 Å². The van der Waals surface area contributed by atoms with Gasteiger partial charge in [0, 0.05) is 0 Å². The van der Waals surface area contributed by atoms with Gasteiger partial charge in [0.2, 0.25) is 11.6 Å². The second-order valence-corrected chi connectivity index (χ2v) is 3.03. The smallest absolute Gasteiger partial charge is 0.258 e. The number of benzene rings is 1. The molecule has 1 rings (SSSR count). The average molecular weight is 271 g/mol. The molecule has 1 aromatic rings. The lowest BCUT2D eigenvalue weighted by atomic mass is 10.1. The van der Waals surface area contributed by atoms with E-state index in [4.69, 9.17) is 11.6 Å². The van der Waals surface area contributed by atoms with E-state index in [1.54, 1.807) is 0 Å². The van der Waals surface area contributed by atoms with E-state index in [0.717, 1.165) is 0 Å². The number of alkyl halides is 1. The van der Waals surface area contributed by atoms with Gasteiger partial charge >= 0.3 is 11.4 Å². The molecule has 10 heteroatoms. The van der Waals surface area contributed by atoms with Crippen molar-refractivity contribution < 1.29 is 23.0 Å². The predicted octanol–water partition coefficient (Wildman–Crippen LogP) is 2.66. The predicted molar refractivity (Wildman–Crippen MR) is 49.2 cm³/mol. The summed E-state index contributed by atoms with van der Waals surface area (Å²) in [4.78, 5) is 18.0. The molecular weight excluding hydrogens is 269 g/mol. The molecule has 0 atom stereocenters. The molecule has 0 bridgehead atoms. The summed E-state index contributed by atoms with van der Waals surface area (Å²) in [5, 5.41) is 20.9. The normalized spacial score (nSPS) is 10.4. The summed E-state index contributed by atoms with van der Waals surface area (Å²) >= 11 is 5.13. The third kappa shape index (κ3) is 2.00. The largest absolute Gasteiger partial charge is 0.384 e. The van der Waals surface area contributed by atoms with Crippen LogP contribution in [0.15, 0.2) is 0 Å². The number of nitrogens with zero attached hydrogens (tertiary/aromatic N) is 2. The van der Waals surface area contributed by atoms with Crippen LogP contribution < -0.4 is 0 Å². The van der Waals surface area contributed by atoms with Gasteiger partial charge in [-0.1, -0.05) is 0 Å². The van der Waals surface area contributed by atoms with Crippen molar-refractivity contribution in [1.82, 2.24) is 0 Å². The standard InChI is InChI=1S/C7H2ClF3N2O4/c8-1-2-3(9)4(10)5(11)7(13(16)17)6(2)12(14)15/h1H2. The highest BCUT2D eigenvalue weighted by atomic mass is 35.5. The number of hydrogen-bond donors (Lipinski definition) is 0. The fourth-order valence-corrected chi connectivity index (χ4v) is 1.41. The van der Waals surface area contributed by atoms with Gasteiger partial charge in [0.1, 0.15) is 0 Å². The summed E-state index contributed by atoms with van der Waals surface area (Å²) < 4.78 is 39.1. The van der Waals surface area contributed by atoms with E-state index in [-0.39, 0.29) is 0 Å². The molecule has 0 aliphatic carbocycles. The Balaban J connectivity index is 3.86. The van der Waals surface area contributed by atoms with Crippen LogP contribution in [-0.4, -0.2) is 9.85 Å². The van der Waals surface area contributed by atoms with Crippen molar-refractivity contribution in [3.8, 4) is 0 Å². The molecular formula is C7H2ClF3N2O4. The third-order valence-electron chi connectivity index (χ3n) is 1.87. The Kier molecular flexibility index (Phi) is 3.51. The fraction of sp³-hybridized carbons (Fsp3) is 0.143. The van der Waals surface area contributed by atoms with E-state index >= 15 is 0 Å². The van der Waals surface area contributed by atoms with Crippen molar-refractivity contribution in [3.05, 3.63) is 43.2 Å². The highest BCUT2D eigenvalue weighted by molar-refractivity contribution is 6.17. The van der Waals surface area contributed by atoms with Gasteiger partial charge in [-0.3, -0.25) is 20.2 Å². The lowest BCUT2D eigenvalue weighted by Gasteiger charge is -2.04. The first kappa shape index (κ1) is 13.2. The van der Waals surface area contributed by atoms with Crippen molar-refractivity contribution >= 4 is 23.0 Å². The van der Waals surface area contributed by atoms with Crippen LogP contribution >= 0.6 is 11.6 Å².